The topological polar surface area (TPSA) is 75.4 Å². The summed E-state index contributed by atoms with van der Waals surface area (Å²) in [6, 6.07) is 7.16. The summed E-state index contributed by atoms with van der Waals surface area (Å²) in [6.07, 6.45) is 2.22. The van der Waals surface area contributed by atoms with Gasteiger partial charge in [0, 0.05) is 30.4 Å². The molecule has 6 heteroatoms. The van der Waals surface area contributed by atoms with Crippen LogP contribution in [0.2, 0.25) is 0 Å². The van der Waals surface area contributed by atoms with Crippen molar-refractivity contribution in [2.24, 2.45) is 0 Å². The van der Waals surface area contributed by atoms with Gasteiger partial charge in [0.1, 0.15) is 5.76 Å². The van der Waals surface area contributed by atoms with E-state index in [-0.39, 0.29) is 18.2 Å². The summed E-state index contributed by atoms with van der Waals surface area (Å²) >= 11 is 0. The van der Waals surface area contributed by atoms with Gasteiger partial charge in [-0.3, -0.25) is 9.59 Å². The molecule has 0 atom stereocenters. The Kier molecular flexibility index (Phi) is 4.64. The van der Waals surface area contributed by atoms with Crippen LogP contribution in [0.5, 0.6) is 0 Å². The van der Waals surface area contributed by atoms with Crippen molar-refractivity contribution in [3.05, 3.63) is 46.8 Å². The fraction of sp³-hybridized carbons (Fsp3) is 0.389. The van der Waals surface area contributed by atoms with E-state index in [2.05, 4.69) is 10.5 Å². The highest BCUT2D eigenvalue weighted by Crippen LogP contribution is 2.20. The van der Waals surface area contributed by atoms with E-state index >= 15 is 0 Å². The van der Waals surface area contributed by atoms with Gasteiger partial charge >= 0.3 is 0 Å². The van der Waals surface area contributed by atoms with Gasteiger partial charge in [0.15, 0.2) is 0 Å². The minimum Gasteiger partial charge on any atom is -0.361 e. The van der Waals surface area contributed by atoms with Crippen LogP contribution in [0.3, 0.4) is 0 Å². The van der Waals surface area contributed by atoms with Gasteiger partial charge in [-0.25, -0.2) is 0 Å². The quantitative estimate of drug-likeness (QED) is 0.937. The molecule has 0 radical (unpaired) electrons. The summed E-state index contributed by atoms with van der Waals surface area (Å²) in [5.74, 6) is 0.348. The lowest BCUT2D eigenvalue weighted by molar-refractivity contribution is -0.115. The molecule has 24 heavy (non-hydrogen) atoms. The van der Waals surface area contributed by atoms with Crippen molar-refractivity contribution in [1.29, 1.82) is 0 Å². The normalized spacial score (nSPS) is 14.0. The first-order chi connectivity index (χ1) is 11.5. The molecule has 2 amide bonds. The van der Waals surface area contributed by atoms with Crippen molar-refractivity contribution in [1.82, 2.24) is 10.1 Å². The molecule has 126 valence electrons. The molecule has 0 saturated carbocycles. The highest BCUT2D eigenvalue weighted by molar-refractivity contribution is 5.98. The minimum atomic E-state index is -0.194. The van der Waals surface area contributed by atoms with Gasteiger partial charge in [-0.2, -0.15) is 0 Å². The predicted octanol–water partition coefficient (Wildman–Crippen LogP) is 2.71. The van der Waals surface area contributed by atoms with Crippen molar-refractivity contribution in [2.75, 3.05) is 18.4 Å². The first-order valence-electron chi connectivity index (χ1n) is 8.15. The molecule has 1 fully saturated rings. The standard InChI is InChI=1S/C18H21N3O3/c1-12-5-6-14(18(23)21-7-3-4-8-21)10-16(12)19-17(22)11-15-9-13(2)20-24-15/h5-6,9-10H,3-4,7-8,11H2,1-2H3,(H,19,22). The van der Waals surface area contributed by atoms with E-state index in [0.29, 0.717) is 17.0 Å². The maximum absolute atomic E-state index is 12.5. The van der Waals surface area contributed by atoms with Crippen molar-refractivity contribution in [3.63, 3.8) is 0 Å². The van der Waals surface area contributed by atoms with Crippen LogP contribution >= 0.6 is 0 Å². The molecule has 2 heterocycles. The smallest absolute Gasteiger partial charge is 0.253 e. The van der Waals surface area contributed by atoms with E-state index < -0.39 is 0 Å². The van der Waals surface area contributed by atoms with Gasteiger partial charge in [-0.1, -0.05) is 11.2 Å². The van der Waals surface area contributed by atoms with Gasteiger partial charge in [-0.15, -0.1) is 0 Å². The Labute approximate surface area is 140 Å². The average Bonchev–Trinajstić information content (AvgIpc) is 3.20. The Morgan fingerprint density at radius 2 is 1.96 bits per heavy atom. The fourth-order valence-electron chi connectivity index (χ4n) is 2.84. The number of nitrogens with zero attached hydrogens (tertiary/aromatic N) is 2. The zero-order valence-electron chi connectivity index (χ0n) is 14.0. The summed E-state index contributed by atoms with van der Waals surface area (Å²) < 4.78 is 5.06. The molecule has 0 spiro atoms. The highest BCUT2D eigenvalue weighted by Gasteiger charge is 2.20. The zero-order chi connectivity index (χ0) is 17.1. The number of amides is 2. The predicted molar refractivity (Wildman–Crippen MR) is 89.9 cm³/mol. The van der Waals surface area contributed by atoms with Crippen LogP contribution in [-0.2, 0) is 11.2 Å². The largest absolute Gasteiger partial charge is 0.361 e. The van der Waals surface area contributed by atoms with Crippen LogP contribution in [0.1, 0.15) is 40.2 Å². The maximum Gasteiger partial charge on any atom is 0.253 e. The molecule has 0 aliphatic carbocycles. The summed E-state index contributed by atoms with van der Waals surface area (Å²) in [7, 11) is 0. The number of nitrogens with one attached hydrogen (secondary N) is 1. The Morgan fingerprint density at radius 1 is 1.21 bits per heavy atom. The lowest BCUT2D eigenvalue weighted by Crippen LogP contribution is -2.27. The number of likely N-dealkylation sites (tertiary alicyclic amines) is 1. The SMILES string of the molecule is Cc1cc(CC(=O)Nc2cc(C(=O)N3CCCC3)ccc2C)on1. The summed E-state index contributed by atoms with van der Waals surface area (Å²) in [6.45, 7) is 5.32. The van der Waals surface area contributed by atoms with E-state index in [0.717, 1.165) is 37.2 Å². The molecule has 3 rings (SSSR count). The van der Waals surface area contributed by atoms with E-state index in [1.807, 2.05) is 30.9 Å². The maximum atomic E-state index is 12.5. The molecule has 1 saturated heterocycles. The number of carbonyl (C=O) groups excluding carboxylic acids is 2. The highest BCUT2D eigenvalue weighted by atomic mass is 16.5. The van der Waals surface area contributed by atoms with Gasteiger partial charge in [0.25, 0.3) is 5.91 Å². The molecule has 1 aliphatic rings. The fourth-order valence-corrected chi connectivity index (χ4v) is 2.84. The van der Waals surface area contributed by atoms with E-state index in [4.69, 9.17) is 4.52 Å². The van der Waals surface area contributed by atoms with Gasteiger partial charge < -0.3 is 14.7 Å². The van der Waals surface area contributed by atoms with Gasteiger partial charge in [0.05, 0.1) is 12.1 Å². The monoisotopic (exact) mass is 327 g/mol. The lowest BCUT2D eigenvalue weighted by Gasteiger charge is -2.16. The molecule has 0 bridgehead atoms. The van der Waals surface area contributed by atoms with E-state index in [1.165, 1.54) is 0 Å². The second-order valence-electron chi connectivity index (χ2n) is 6.19. The second-order valence-corrected chi connectivity index (χ2v) is 6.19. The van der Waals surface area contributed by atoms with Gasteiger partial charge in [-0.05, 0) is 44.4 Å². The molecule has 1 aromatic carbocycles. The van der Waals surface area contributed by atoms with Gasteiger partial charge in [0.2, 0.25) is 5.91 Å². The number of hydrogen-bond acceptors (Lipinski definition) is 4. The second kappa shape index (κ2) is 6.86. The molecule has 2 aromatic rings. The third-order valence-electron chi connectivity index (χ3n) is 4.16. The summed E-state index contributed by atoms with van der Waals surface area (Å²) in [4.78, 5) is 26.5. The van der Waals surface area contributed by atoms with E-state index in [1.54, 1.807) is 12.1 Å². The number of hydrogen-bond donors (Lipinski definition) is 1. The van der Waals surface area contributed by atoms with Crippen LogP contribution in [0, 0.1) is 13.8 Å². The number of aryl methyl sites for hydroxylation is 2. The zero-order valence-corrected chi connectivity index (χ0v) is 14.0. The van der Waals surface area contributed by atoms with Crippen molar-refractivity contribution >= 4 is 17.5 Å². The Morgan fingerprint density at radius 3 is 2.62 bits per heavy atom. The number of aromatic nitrogens is 1. The third kappa shape index (κ3) is 3.64. The molecule has 6 nitrogen and oxygen atoms in total. The van der Waals surface area contributed by atoms with Crippen molar-refractivity contribution < 1.29 is 14.1 Å². The lowest BCUT2D eigenvalue weighted by atomic mass is 10.1. The molecular formula is C18H21N3O3. The Bertz CT molecular complexity index is 761. The molecule has 0 unspecified atom stereocenters. The summed E-state index contributed by atoms with van der Waals surface area (Å²) in [5.41, 5.74) is 2.91. The van der Waals surface area contributed by atoms with Crippen molar-refractivity contribution in [3.8, 4) is 0 Å². The van der Waals surface area contributed by atoms with Crippen LogP contribution in [0.4, 0.5) is 5.69 Å². The number of carbonyl (C=O) groups is 2. The van der Waals surface area contributed by atoms with Crippen LogP contribution in [0.15, 0.2) is 28.8 Å². The van der Waals surface area contributed by atoms with E-state index in [9.17, 15) is 9.59 Å². The first kappa shape index (κ1) is 16.2. The number of rotatable bonds is 4. The average molecular weight is 327 g/mol. The van der Waals surface area contributed by atoms with Crippen LogP contribution in [0.25, 0.3) is 0 Å². The number of benzene rings is 1. The number of anilines is 1. The minimum absolute atomic E-state index is 0.0221. The Balaban J connectivity index is 1.71. The first-order valence-corrected chi connectivity index (χ1v) is 8.15. The Hall–Kier alpha value is -2.63. The molecule has 1 aromatic heterocycles. The molecular weight excluding hydrogens is 306 g/mol. The van der Waals surface area contributed by atoms with Crippen molar-refractivity contribution in [2.45, 2.75) is 33.1 Å². The molecule has 1 aliphatic heterocycles. The molecule has 1 N–H and O–H groups in total. The van der Waals surface area contributed by atoms with Crippen LogP contribution in [-0.4, -0.2) is 35.0 Å². The summed E-state index contributed by atoms with van der Waals surface area (Å²) in [5, 5.41) is 6.63. The van der Waals surface area contributed by atoms with Crippen LogP contribution < -0.4 is 5.32 Å². The third-order valence-corrected chi connectivity index (χ3v) is 4.16.